The predicted octanol–water partition coefficient (Wildman–Crippen LogP) is 3.16. The van der Waals surface area contributed by atoms with E-state index in [2.05, 4.69) is 10.6 Å². The summed E-state index contributed by atoms with van der Waals surface area (Å²) in [6.45, 7) is 1.01. The van der Waals surface area contributed by atoms with E-state index in [0.29, 0.717) is 17.2 Å². The summed E-state index contributed by atoms with van der Waals surface area (Å²) in [4.78, 5) is 41.9. The zero-order chi connectivity index (χ0) is 23.0. The molecule has 3 heterocycles. The maximum Gasteiger partial charge on any atom is 0.312 e. The lowest BCUT2D eigenvalue weighted by atomic mass is 9.95. The standard InChI is InChI=1S/C24H31N3O5S/c28-22(25-15-18-9-4-12-31-18)21(20-11-6-14-33-20)27(16-19-10-5-13-32-19)24(30)23(29)26-17-7-2-1-3-8-17/h4,6,9,11-12,14,17,19,21H,1-3,5,7-8,10,13,15-16H2,(H,25,28)(H,26,29). The van der Waals surface area contributed by atoms with Crippen molar-refractivity contribution in [1.29, 1.82) is 0 Å². The number of nitrogens with one attached hydrogen (secondary N) is 2. The summed E-state index contributed by atoms with van der Waals surface area (Å²) in [5.41, 5.74) is 0. The lowest BCUT2D eigenvalue weighted by molar-refractivity contribution is -0.151. The highest BCUT2D eigenvalue weighted by Gasteiger charge is 2.38. The van der Waals surface area contributed by atoms with Crippen LogP contribution in [0.15, 0.2) is 40.3 Å². The molecule has 178 valence electrons. The Labute approximate surface area is 197 Å². The highest BCUT2D eigenvalue weighted by molar-refractivity contribution is 7.10. The Kier molecular flexibility index (Phi) is 8.17. The van der Waals surface area contributed by atoms with Crippen molar-refractivity contribution in [2.45, 2.75) is 69.7 Å². The zero-order valence-electron chi connectivity index (χ0n) is 18.7. The number of hydrogen-bond donors (Lipinski definition) is 2. The van der Waals surface area contributed by atoms with Gasteiger partial charge in [-0.3, -0.25) is 14.4 Å². The molecule has 2 N–H and O–H groups in total. The quantitative estimate of drug-likeness (QED) is 0.574. The first-order valence-electron chi connectivity index (χ1n) is 11.7. The van der Waals surface area contributed by atoms with Gasteiger partial charge in [0.2, 0.25) is 5.91 Å². The van der Waals surface area contributed by atoms with Crippen LogP contribution in [0, 0.1) is 0 Å². The van der Waals surface area contributed by atoms with Crippen molar-refractivity contribution in [2.24, 2.45) is 0 Å². The summed E-state index contributed by atoms with van der Waals surface area (Å²) < 4.78 is 11.1. The van der Waals surface area contributed by atoms with Crippen LogP contribution in [0.4, 0.5) is 0 Å². The minimum absolute atomic E-state index is 0.00717. The fraction of sp³-hybridized carbons (Fsp3) is 0.542. The first kappa shape index (κ1) is 23.5. The Balaban J connectivity index is 1.54. The molecule has 0 spiro atoms. The zero-order valence-corrected chi connectivity index (χ0v) is 19.5. The van der Waals surface area contributed by atoms with Crippen molar-refractivity contribution in [3.8, 4) is 0 Å². The molecular formula is C24H31N3O5S. The molecule has 1 aliphatic heterocycles. The van der Waals surface area contributed by atoms with E-state index in [1.54, 1.807) is 18.4 Å². The van der Waals surface area contributed by atoms with Crippen LogP contribution in [-0.4, -0.2) is 47.9 Å². The maximum absolute atomic E-state index is 13.4. The van der Waals surface area contributed by atoms with Crippen molar-refractivity contribution in [2.75, 3.05) is 13.2 Å². The third-order valence-corrected chi connectivity index (χ3v) is 7.13. The third-order valence-electron chi connectivity index (χ3n) is 6.21. The topological polar surface area (TPSA) is 101 Å². The monoisotopic (exact) mass is 473 g/mol. The van der Waals surface area contributed by atoms with E-state index >= 15 is 0 Å². The SMILES string of the molecule is O=C(NC1CCCCC1)C(=O)N(CC1CCCO1)C(C(=O)NCc1ccco1)c1cccs1. The van der Waals surface area contributed by atoms with Crippen LogP contribution in [0.2, 0.25) is 0 Å². The molecule has 33 heavy (non-hydrogen) atoms. The van der Waals surface area contributed by atoms with Crippen LogP contribution in [0.25, 0.3) is 0 Å². The molecular weight excluding hydrogens is 442 g/mol. The number of furan rings is 1. The van der Waals surface area contributed by atoms with Gasteiger partial charge in [0.25, 0.3) is 0 Å². The molecule has 1 aliphatic carbocycles. The Bertz CT molecular complexity index is 903. The number of carbonyl (C=O) groups excluding carboxylic acids is 3. The summed E-state index contributed by atoms with van der Waals surface area (Å²) in [6, 6.07) is 6.26. The van der Waals surface area contributed by atoms with Gasteiger partial charge in [-0.2, -0.15) is 0 Å². The Hall–Kier alpha value is -2.65. The fourth-order valence-electron chi connectivity index (χ4n) is 4.49. The van der Waals surface area contributed by atoms with Gasteiger partial charge < -0.3 is 24.7 Å². The number of hydrogen-bond acceptors (Lipinski definition) is 6. The van der Waals surface area contributed by atoms with E-state index in [1.165, 1.54) is 16.2 Å². The largest absolute Gasteiger partial charge is 0.467 e. The molecule has 2 aromatic heterocycles. The summed E-state index contributed by atoms with van der Waals surface area (Å²) in [6.07, 6.45) is 8.04. The van der Waals surface area contributed by atoms with Crippen LogP contribution >= 0.6 is 11.3 Å². The summed E-state index contributed by atoms with van der Waals surface area (Å²) >= 11 is 1.38. The fourth-order valence-corrected chi connectivity index (χ4v) is 5.33. The number of rotatable bonds is 8. The van der Waals surface area contributed by atoms with Gasteiger partial charge in [0.15, 0.2) is 0 Å². The van der Waals surface area contributed by atoms with Gasteiger partial charge >= 0.3 is 11.8 Å². The van der Waals surface area contributed by atoms with Crippen molar-refractivity contribution >= 4 is 29.1 Å². The Morgan fingerprint density at radius 3 is 2.61 bits per heavy atom. The van der Waals surface area contributed by atoms with E-state index in [4.69, 9.17) is 9.15 Å². The second-order valence-corrected chi connectivity index (χ2v) is 9.60. The normalized spacial score (nSPS) is 19.7. The minimum atomic E-state index is -0.922. The molecule has 0 aromatic carbocycles. The van der Waals surface area contributed by atoms with Crippen molar-refractivity contribution in [1.82, 2.24) is 15.5 Å². The molecule has 1 saturated heterocycles. The lowest BCUT2D eigenvalue weighted by Gasteiger charge is -2.32. The molecule has 2 fully saturated rings. The number of carbonyl (C=O) groups is 3. The molecule has 3 amide bonds. The molecule has 2 aliphatic rings. The first-order chi connectivity index (χ1) is 16.1. The smallest absolute Gasteiger partial charge is 0.312 e. The first-order valence-corrected chi connectivity index (χ1v) is 12.6. The number of amides is 3. The average Bonchev–Trinajstić information content (AvgIpc) is 3.62. The van der Waals surface area contributed by atoms with E-state index in [1.807, 2.05) is 17.5 Å². The van der Waals surface area contributed by atoms with Crippen LogP contribution in [0.5, 0.6) is 0 Å². The van der Waals surface area contributed by atoms with Crippen LogP contribution < -0.4 is 10.6 Å². The maximum atomic E-state index is 13.4. The molecule has 2 aromatic rings. The van der Waals surface area contributed by atoms with E-state index in [0.717, 1.165) is 44.9 Å². The van der Waals surface area contributed by atoms with Gasteiger partial charge in [-0.1, -0.05) is 25.3 Å². The summed E-state index contributed by atoms with van der Waals surface area (Å²) in [5.74, 6) is -1.09. The van der Waals surface area contributed by atoms with Crippen molar-refractivity contribution in [3.05, 3.63) is 46.5 Å². The second-order valence-electron chi connectivity index (χ2n) is 8.62. The molecule has 1 saturated carbocycles. The Morgan fingerprint density at radius 2 is 1.94 bits per heavy atom. The van der Waals surface area contributed by atoms with E-state index in [-0.39, 0.29) is 31.1 Å². The van der Waals surface area contributed by atoms with Gasteiger partial charge in [-0.05, 0) is 49.3 Å². The van der Waals surface area contributed by atoms with E-state index in [9.17, 15) is 14.4 Å². The second kappa shape index (κ2) is 11.5. The number of thiophene rings is 1. The van der Waals surface area contributed by atoms with Crippen molar-refractivity contribution in [3.63, 3.8) is 0 Å². The number of nitrogens with zero attached hydrogens (tertiary/aromatic N) is 1. The predicted molar refractivity (Wildman–Crippen MR) is 123 cm³/mol. The molecule has 2 unspecified atom stereocenters. The van der Waals surface area contributed by atoms with Crippen LogP contribution in [0.3, 0.4) is 0 Å². The van der Waals surface area contributed by atoms with E-state index < -0.39 is 17.9 Å². The molecule has 9 heteroatoms. The van der Waals surface area contributed by atoms with Crippen LogP contribution in [-0.2, 0) is 25.7 Å². The van der Waals surface area contributed by atoms with Gasteiger partial charge in [-0.25, -0.2) is 0 Å². The highest BCUT2D eigenvalue weighted by Crippen LogP contribution is 2.28. The summed E-state index contributed by atoms with van der Waals surface area (Å²) in [7, 11) is 0. The van der Waals surface area contributed by atoms with Crippen LogP contribution in [0.1, 0.15) is 61.6 Å². The third kappa shape index (κ3) is 6.23. The minimum Gasteiger partial charge on any atom is -0.467 e. The molecule has 0 radical (unpaired) electrons. The number of ether oxygens (including phenoxy) is 1. The molecule has 8 nitrogen and oxygen atoms in total. The van der Waals surface area contributed by atoms with Gasteiger partial charge in [0, 0.05) is 24.1 Å². The van der Waals surface area contributed by atoms with Crippen molar-refractivity contribution < 1.29 is 23.5 Å². The molecule has 0 bridgehead atoms. The average molecular weight is 474 g/mol. The lowest BCUT2D eigenvalue weighted by Crippen LogP contribution is -2.52. The summed E-state index contributed by atoms with van der Waals surface area (Å²) in [5, 5.41) is 7.62. The molecule has 2 atom stereocenters. The van der Waals surface area contributed by atoms with Gasteiger partial charge in [0.1, 0.15) is 11.8 Å². The highest BCUT2D eigenvalue weighted by atomic mass is 32.1. The van der Waals surface area contributed by atoms with Gasteiger partial charge in [-0.15, -0.1) is 11.3 Å². The Morgan fingerprint density at radius 1 is 1.09 bits per heavy atom. The van der Waals surface area contributed by atoms with Gasteiger partial charge in [0.05, 0.1) is 18.9 Å². The molecule has 4 rings (SSSR count).